The zero-order chi connectivity index (χ0) is 13.9. The van der Waals surface area contributed by atoms with Crippen LogP contribution in [0.25, 0.3) is 0 Å². The summed E-state index contributed by atoms with van der Waals surface area (Å²) in [6, 6.07) is 7.52. The lowest BCUT2D eigenvalue weighted by Crippen LogP contribution is -2.40. The van der Waals surface area contributed by atoms with Gasteiger partial charge in [0.2, 0.25) is 5.91 Å². The highest BCUT2D eigenvalue weighted by Crippen LogP contribution is 2.39. The molecule has 1 aromatic rings. The third kappa shape index (κ3) is 3.77. The molecule has 0 heterocycles. The van der Waals surface area contributed by atoms with Crippen LogP contribution in [0.3, 0.4) is 0 Å². The molecule has 0 unspecified atom stereocenters. The number of carbonyl (C=O) groups is 1. The Bertz CT molecular complexity index is 477. The molecule has 3 N–H and O–H groups in total. The molecular weight excluding hydrogens is 256 g/mol. The van der Waals surface area contributed by atoms with Crippen molar-refractivity contribution >= 4 is 23.1 Å². The van der Waals surface area contributed by atoms with E-state index in [1.807, 2.05) is 24.3 Å². The van der Waals surface area contributed by atoms with Crippen LogP contribution in [-0.4, -0.2) is 17.4 Å². The first kappa shape index (κ1) is 14.0. The second-order valence-corrected chi connectivity index (χ2v) is 6.12. The van der Waals surface area contributed by atoms with Gasteiger partial charge in [-0.05, 0) is 23.8 Å². The van der Waals surface area contributed by atoms with E-state index in [4.69, 9.17) is 18.0 Å². The third-order valence-electron chi connectivity index (χ3n) is 3.88. The Morgan fingerprint density at radius 3 is 2.47 bits per heavy atom. The van der Waals surface area contributed by atoms with Crippen LogP contribution in [0.4, 0.5) is 0 Å². The fraction of sp³-hybridized carbons (Fsp3) is 0.467. The molecule has 3 nitrogen and oxygen atoms in total. The number of hydrogen-bond donors (Lipinski definition) is 2. The van der Waals surface area contributed by atoms with Gasteiger partial charge in [-0.3, -0.25) is 4.79 Å². The van der Waals surface area contributed by atoms with Crippen molar-refractivity contribution in [3.05, 3.63) is 35.4 Å². The van der Waals surface area contributed by atoms with Crippen molar-refractivity contribution in [1.82, 2.24) is 5.32 Å². The maximum absolute atomic E-state index is 11.9. The lowest BCUT2D eigenvalue weighted by Gasteiger charge is -2.38. The molecule has 1 fully saturated rings. The average Bonchev–Trinajstić information content (AvgIpc) is 2.35. The van der Waals surface area contributed by atoms with E-state index in [1.54, 1.807) is 0 Å². The highest BCUT2D eigenvalue weighted by atomic mass is 32.1. The third-order valence-corrected chi connectivity index (χ3v) is 4.11. The predicted octanol–water partition coefficient (Wildman–Crippen LogP) is 2.17. The van der Waals surface area contributed by atoms with Crippen molar-refractivity contribution in [2.75, 3.05) is 6.54 Å². The summed E-state index contributed by atoms with van der Waals surface area (Å²) in [6.45, 7) is 3.02. The fourth-order valence-electron chi connectivity index (χ4n) is 2.30. The molecule has 0 radical (unpaired) electrons. The van der Waals surface area contributed by atoms with Crippen LogP contribution < -0.4 is 11.1 Å². The van der Waals surface area contributed by atoms with Crippen molar-refractivity contribution in [2.45, 2.75) is 32.6 Å². The molecule has 102 valence electrons. The number of hydrogen-bond acceptors (Lipinski definition) is 2. The van der Waals surface area contributed by atoms with Crippen LogP contribution in [0.2, 0.25) is 0 Å². The highest BCUT2D eigenvalue weighted by Gasteiger charge is 2.31. The van der Waals surface area contributed by atoms with Gasteiger partial charge in [0.15, 0.2) is 0 Å². The summed E-state index contributed by atoms with van der Waals surface area (Å²) in [5.41, 5.74) is 7.68. The molecule has 0 saturated heterocycles. The molecule has 0 bridgehead atoms. The van der Waals surface area contributed by atoms with E-state index in [2.05, 4.69) is 12.2 Å². The maximum atomic E-state index is 11.9. The lowest BCUT2D eigenvalue weighted by atomic mass is 9.70. The van der Waals surface area contributed by atoms with E-state index in [0.717, 1.165) is 17.7 Å². The number of nitrogens with one attached hydrogen (secondary N) is 1. The van der Waals surface area contributed by atoms with Gasteiger partial charge >= 0.3 is 0 Å². The van der Waals surface area contributed by atoms with E-state index < -0.39 is 0 Å². The molecule has 0 spiro atoms. The van der Waals surface area contributed by atoms with Crippen LogP contribution in [0.15, 0.2) is 24.3 Å². The summed E-state index contributed by atoms with van der Waals surface area (Å²) in [6.07, 6.45) is 4.13. The van der Waals surface area contributed by atoms with Crippen LogP contribution in [0.1, 0.15) is 37.3 Å². The van der Waals surface area contributed by atoms with Gasteiger partial charge in [-0.15, -0.1) is 0 Å². The van der Waals surface area contributed by atoms with Gasteiger partial charge < -0.3 is 11.1 Å². The molecule has 0 aromatic heterocycles. The fourth-order valence-corrected chi connectivity index (χ4v) is 2.44. The Morgan fingerprint density at radius 1 is 1.37 bits per heavy atom. The van der Waals surface area contributed by atoms with Gasteiger partial charge in [-0.2, -0.15) is 0 Å². The number of rotatable bonds is 5. The lowest BCUT2D eigenvalue weighted by molar-refractivity contribution is -0.121. The number of carbonyl (C=O) groups excluding carboxylic acids is 1. The van der Waals surface area contributed by atoms with Crippen molar-refractivity contribution in [3.63, 3.8) is 0 Å². The molecule has 1 aliphatic rings. The molecule has 1 aromatic carbocycles. The first-order chi connectivity index (χ1) is 8.98. The van der Waals surface area contributed by atoms with Gasteiger partial charge in [-0.1, -0.05) is 49.8 Å². The monoisotopic (exact) mass is 276 g/mol. The summed E-state index contributed by atoms with van der Waals surface area (Å²) in [7, 11) is 0. The number of nitrogens with two attached hydrogens (primary N) is 1. The zero-order valence-electron chi connectivity index (χ0n) is 11.2. The Balaban J connectivity index is 1.83. The topological polar surface area (TPSA) is 55.1 Å². The first-order valence-corrected chi connectivity index (χ1v) is 7.05. The Hall–Kier alpha value is -1.42. The second-order valence-electron chi connectivity index (χ2n) is 5.68. The van der Waals surface area contributed by atoms with Crippen molar-refractivity contribution in [1.29, 1.82) is 0 Å². The van der Waals surface area contributed by atoms with Gasteiger partial charge in [-0.25, -0.2) is 0 Å². The van der Waals surface area contributed by atoms with Crippen LogP contribution in [0.5, 0.6) is 0 Å². The van der Waals surface area contributed by atoms with Gasteiger partial charge in [0.1, 0.15) is 4.99 Å². The summed E-state index contributed by atoms with van der Waals surface area (Å²) in [4.78, 5) is 12.2. The summed E-state index contributed by atoms with van der Waals surface area (Å²) < 4.78 is 0. The minimum Gasteiger partial charge on any atom is -0.389 e. The zero-order valence-corrected chi connectivity index (χ0v) is 12.1. The summed E-state index contributed by atoms with van der Waals surface area (Å²) >= 11 is 4.89. The summed E-state index contributed by atoms with van der Waals surface area (Å²) in [5.74, 6) is 0.0798. The number of amides is 1. The van der Waals surface area contributed by atoms with Crippen molar-refractivity contribution in [2.24, 2.45) is 11.1 Å². The standard InChI is InChI=1S/C15H20N2OS/c1-15(7-2-8-15)10-17-13(18)9-11-3-5-12(6-4-11)14(16)19/h3-6H,2,7-10H2,1H3,(H2,16,19)(H,17,18). The molecular formula is C15H20N2OS. The molecule has 0 atom stereocenters. The van der Waals surface area contributed by atoms with E-state index in [-0.39, 0.29) is 5.91 Å². The van der Waals surface area contributed by atoms with Crippen LogP contribution in [-0.2, 0) is 11.2 Å². The van der Waals surface area contributed by atoms with Crippen molar-refractivity contribution in [3.8, 4) is 0 Å². The van der Waals surface area contributed by atoms with E-state index in [9.17, 15) is 4.79 Å². The second kappa shape index (κ2) is 5.70. The maximum Gasteiger partial charge on any atom is 0.224 e. The minimum absolute atomic E-state index is 0.0798. The largest absolute Gasteiger partial charge is 0.389 e. The molecule has 0 aliphatic heterocycles. The van der Waals surface area contributed by atoms with Gasteiger partial charge in [0, 0.05) is 12.1 Å². The van der Waals surface area contributed by atoms with E-state index >= 15 is 0 Å². The quantitative estimate of drug-likeness (QED) is 0.810. The van der Waals surface area contributed by atoms with E-state index in [0.29, 0.717) is 16.8 Å². The Kier molecular flexibility index (Phi) is 4.20. The number of benzene rings is 1. The predicted molar refractivity (Wildman–Crippen MR) is 81.0 cm³/mol. The molecule has 1 aliphatic carbocycles. The smallest absolute Gasteiger partial charge is 0.224 e. The molecule has 1 amide bonds. The Morgan fingerprint density at radius 2 is 2.00 bits per heavy atom. The molecule has 4 heteroatoms. The highest BCUT2D eigenvalue weighted by molar-refractivity contribution is 7.80. The Labute approximate surface area is 119 Å². The normalized spacial score (nSPS) is 16.5. The molecule has 19 heavy (non-hydrogen) atoms. The van der Waals surface area contributed by atoms with E-state index in [1.165, 1.54) is 19.3 Å². The molecule has 1 saturated carbocycles. The SMILES string of the molecule is CC1(CNC(=O)Cc2ccc(C(N)=S)cc2)CCC1. The minimum atomic E-state index is 0.0798. The average molecular weight is 276 g/mol. The molecule has 2 rings (SSSR count). The summed E-state index contributed by atoms with van der Waals surface area (Å²) in [5, 5.41) is 3.02. The van der Waals surface area contributed by atoms with Crippen molar-refractivity contribution < 1.29 is 4.79 Å². The van der Waals surface area contributed by atoms with Gasteiger partial charge in [0.05, 0.1) is 6.42 Å². The van der Waals surface area contributed by atoms with Gasteiger partial charge in [0.25, 0.3) is 0 Å². The van der Waals surface area contributed by atoms with Crippen LogP contribution in [0, 0.1) is 5.41 Å². The van der Waals surface area contributed by atoms with Crippen LogP contribution >= 0.6 is 12.2 Å². The number of thiocarbonyl (C=S) groups is 1. The first-order valence-electron chi connectivity index (χ1n) is 6.64.